The number of aromatic nitrogens is 3. The first-order chi connectivity index (χ1) is 21.3. The molecule has 1 aromatic carbocycles. The van der Waals surface area contributed by atoms with Gasteiger partial charge in [0.1, 0.15) is 6.04 Å². The number of imide groups is 2. The monoisotopic (exact) mass is 592 g/mol. The van der Waals surface area contributed by atoms with Gasteiger partial charge in [-0.05, 0) is 93.9 Å². The number of anilines is 1. The standard InChI is InChI=1S/C34H36N6O4/c1-19-4-2-6-25(36-19)24-18-39(38-30(24)21-8-9-21)22-16-34(17-22)14-20(15-34)12-13-35-26-7-3-5-23-29(26)33(44)40(32(23)43)27-10-11-28(41)37-31(27)42/h2-7,18,20-22,27,35H,8-17H2,1H3,(H,37,41,42). The van der Waals surface area contributed by atoms with Gasteiger partial charge in [0.05, 0.1) is 28.6 Å². The Morgan fingerprint density at radius 3 is 2.50 bits per heavy atom. The number of aryl methyl sites for hydroxylation is 1. The van der Waals surface area contributed by atoms with Crippen molar-refractivity contribution in [3.8, 4) is 11.3 Å². The molecule has 0 bridgehead atoms. The van der Waals surface area contributed by atoms with Crippen LogP contribution in [0.15, 0.2) is 42.6 Å². The second-order valence-electron chi connectivity index (χ2n) is 13.6. The van der Waals surface area contributed by atoms with Crippen molar-refractivity contribution in [3.05, 3.63) is 65.1 Å². The number of benzene rings is 1. The van der Waals surface area contributed by atoms with E-state index in [2.05, 4.69) is 33.6 Å². The zero-order valence-corrected chi connectivity index (χ0v) is 24.8. The summed E-state index contributed by atoms with van der Waals surface area (Å²) >= 11 is 0. The molecule has 1 unspecified atom stereocenters. The minimum absolute atomic E-state index is 0.105. The lowest BCUT2D eigenvalue weighted by Crippen LogP contribution is -2.54. The third-order valence-electron chi connectivity index (χ3n) is 10.4. The molecule has 2 aliphatic heterocycles. The second-order valence-corrected chi connectivity index (χ2v) is 13.6. The number of amides is 4. The predicted molar refractivity (Wildman–Crippen MR) is 162 cm³/mol. The molecular weight excluding hydrogens is 556 g/mol. The van der Waals surface area contributed by atoms with Gasteiger partial charge in [0, 0.05) is 42.0 Å². The Balaban J connectivity index is 0.863. The average molecular weight is 593 g/mol. The summed E-state index contributed by atoms with van der Waals surface area (Å²) in [4.78, 5) is 56.2. The van der Waals surface area contributed by atoms with E-state index in [9.17, 15) is 19.2 Å². The van der Waals surface area contributed by atoms with Crippen LogP contribution in [-0.4, -0.2) is 55.9 Å². The number of carbonyl (C=O) groups excluding carboxylic acids is 4. The van der Waals surface area contributed by atoms with Crippen LogP contribution in [0.5, 0.6) is 0 Å². The molecule has 3 aromatic rings. The lowest BCUT2D eigenvalue weighted by Gasteiger charge is -2.58. The fraction of sp³-hybridized carbons (Fsp3) is 0.471. The SMILES string of the molecule is Cc1cccc(-c2cn(C3CC4(CC(CCNc5cccc6c5C(=O)N(C5CCC(=O)NC5=O)C6=O)C4)C3)nc2C2CC2)n1. The molecule has 3 saturated carbocycles. The van der Waals surface area contributed by atoms with Crippen LogP contribution in [0.2, 0.25) is 0 Å². The highest BCUT2D eigenvalue weighted by atomic mass is 16.2. The van der Waals surface area contributed by atoms with Crippen LogP contribution in [-0.2, 0) is 9.59 Å². The van der Waals surface area contributed by atoms with Crippen molar-refractivity contribution in [1.82, 2.24) is 25.0 Å². The van der Waals surface area contributed by atoms with Crippen molar-refractivity contribution in [2.45, 2.75) is 82.7 Å². The summed E-state index contributed by atoms with van der Waals surface area (Å²) in [6.07, 6.45) is 10.7. The molecule has 2 N–H and O–H groups in total. The molecule has 44 heavy (non-hydrogen) atoms. The molecule has 5 aliphatic rings. The van der Waals surface area contributed by atoms with Crippen molar-refractivity contribution in [2.75, 3.05) is 11.9 Å². The maximum Gasteiger partial charge on any atom is 0.264 e. The van der Waals surface area contributed by atoms with E-state index in [0.29, 0.717) is 46.7 Å². The highest BCUT2D eigenvalue weighted by molar-refractivity contribution is 6.25. The summed E-state index contributed by atoms with van der Waals surface area (Å²) < 4.78 is 2.22. The molecule has 1 spiro atoms. The Morgan fingerprint density at radius 2 is 1.75 bits per heavy atom. The molecule has 0 radical (unpaired) electrons. The van der Waals surface area contributed by atoms with Crippen molar-refractivity contribution in [1.29, 1.82) is 0 Å². The third-order valence-corrected chi connectivity index (χ3v) is 10.4. The molecule has 1 saturated heterocycles. The Morgan fingerprint density at radius 1 is 0.955 bits per heavy atom. The Hall–Kier alpha value is -4.34. The van der Waals surface area contributed by atoms with E-state index in [1.807, 2.05) is 19.1 Å². The van der Waals surface area contributed by atoms with Crippen LogP contribution < -0.4 is 10.6 Å². The zero-order valence-electron chi connectivity index (χ0n) is 24.8. The fourth-order valence-corrected chi connectivity index (χ4v) is 8.04. The molecule has 10 heteroatoms. The number of pyridine rings is 1. The van der Waals surface area contributed by atoms with Gasteiger partial charge in [0.2, 0.25) is 11.8 Å². The van der Waals surface area contributed by atoms with E-state index in [-0.39, 0.29) is 18.7 Å². The largest absolute Gasteiger partial charge is 0.384 e. The molecule has 8 rings (SSSR count). The van der Waals surface area contributed by atoms with Gasteiger partial charge in [0.15, 0.2) is 0 Å². The quantitative estimate of drug-likeness (QED) is 0.361. The van der Waals surface area contributed by atoms with E-state index in [1.165, 1.54) is 49.8 Å². The first-order valence-electron chi connectivity index (χ1n) is 15.9. The van der Waals surface area contributed by atoms with Crippen LogP contribution in [0, 0.1) is 18.3 Å². The number of nitrogens with zero attached hydrogens (tertiary/aromatic N) is 4. The number of piperidine rings is 1. The summed E-state index contributed by atoms with van der Waals surface area (Å²) in [5.74, 6) is -0.730. The third kappa shape index (κ3) is 4.53. The summed E-state index contributed by atoms with van der Waals surface area (Å²) in [5.41, 5.74) is 6.13. The van der Waals surface area contributed by atoms with Gasteiger partial charge in [-0.1, -0.05) is 12.1 Å². The van der Waals surface area contributed by atoms with Gasteiger partial charge < -0.3 is 5.32 Å². The summed E-state index contributed by atoms with van der Waals surface area (Å²) in [5, 5.41) is 10.7. The molecule has 10 nitrogen and oxygen atoms in total. The predicted octanol–water partition coefficient (Wildman–Crippen LogP) is 4.77. The second kappa shape index (κ2) is 10.1. The van der Waals surface area contributed by atoms with Crippen molar-refractivity contribution in [2.24, 2.45) is 11.3 Å². The normalized spacial score (nSPS) is 27.7. The minimum atomic E-state index is -0.960. The Labute approximate surface area is 255 Å². The van der Waals surface area contributed by atoms with Crippen LogP contribution >= 0.6 is 0 Å². The Bertz CT molecular complexity index is 1710. The van der Waals surface area contributed by atoms with Crippen molar-refractivity contribution >= 4 is 29.3 Å². The van der Waals surface area contributed by atoms with E-state index >= 15 is 0 Å². The first kappa shape index (κ1) is 27.2. The van der Waals surface area contributed by atoms with E-state index in [4.69, 9.17) is 10.1 Å². The van der Waals surface area contributed by atoms with Crippen molar-refractivity contribution < 1.29 is 19.2 Å². The molecule has 1 atom stereocenters. The molecule has 4 heterocycles. The molecule has 2 aromatic heterocycles. The molecule has 3 aliphatic carbocycles. The van der Waals surface area contributed by atoms with Gasteiger partial charge in [-0.3, -0.25) is 39.1 Å². The van der Waals surface area contributed by atoms with Crippen LogP contribution in [0.1, 0.15) is 102 Å². The van der Waals surface area contributed by atoms with Crippen LogP contribution in [0.4, 0.5) is 5.69 Å². The fourth-order valence-electron chi connectivity index (χ4n) is 8.04. The lowest BCUT2D eigenvalue weighted by molar-refractivity contribution is -0.136. The van der Waals surface area contributed by atoms with Crippen molar-refractivity contribution in [3.63, 3.8) is 0 Å². The van der Waals surface area contributed by atoms with Crippen LogP contribution in [0.25, 0.3) is 11.3 Å². The lowest BCUT2D eigenvalue weighted by atomic mass is 9.49. The molecular formula is C34H36N6O4. The van der Waals surface area contributed by atoms with E-state index in [0.717, 1.165) is 22.7 Å². The first-order valence-corrected chi connectivity index (χ1v) is 15.9. The number of rotatable bonds is 8. The highest BCUT2D eigenvalue weighted by Gasteiger charge is 2.53. The molecule has 4 amide bonds. The van der Waals surface area contributed by atoms with Gasteiger partial charge in [0.25, 0.3) is 11.8 Å². The van der Waals surface area contributed by atoms with Gasteiger partial charge in [-0.2, -0.15) is 5.10 Å². The summed E-state index contributed by atoms with van der Waals surface area (Å²) in [6, 6.07) is 10.9. The summed E-state index contributed by atoms with van der Waals surface area (Å²) in [7, 11) is 0. The minimum Gasteiger partial charge on any atom is -0.384 e. The molecule has 4 fully saturated rings. The number of nitrogens with one attached hydrogen (secondary N) is 2. The number of hydrogen-bond acceptors (Lipinski definition) is 7. The van der Waals surface area contributed by atoms with E-state index in [1.54, 1.807) is 12.1 Å². The summed E-state index contributed by atoms with van der Waals surface area (Å²) in [6.45, 7) is 2.74. The zero-order chi connectivity index (χ0) is 30.2. The Kier molecular flexibility index (Phi) is 6.25. The van der Waals surface area contributed by atoms with Gasteiger partial charge in [-0.15, -0.1) is 0 Å². The topological polar surface area (TPSA) is 126 Å². The number of fused-ring (bicyclic) bond motifs is 1. The highest BCUT2D eigenvalue weighted by Crippen LogP contribution is 2.63. The smallest absolute Gasteiger partial charge is 0.264 e. The van der Waals surface area contributed by atoms with Crippen LogP contribution in [0.3, 0.4) is 0 Å². The number of hydrogen-bond donors (Lipinski definition) is 2. The van der Waals surface area contributed by atoms with Gasteiger partial charge in [-0.25, -0.2) is 0 Å². The van der Waals surface area contributed by atoms with Gasteiger partial charge >= 0.3 is 0 Å². The average Bonchev–Trinajstić information content (AvgIpc) is 3.66. The maximum absolute atomic E-state index is 13.3. The van der Waals surface area contributed by atoms with E-state index < -0.39 is 23.8 Å². The molecule has 226 valence electrons. The maximum atomic E-state index is 13.3. The number of carbonyl (C=O) groups is 4.